The van der Waals surface area contributed by atoms with Crippen LogP contribution >= 0.6 is 0 Å². The van der Waals surface area contributed by atoms with Gasteiger partial charge in [0.15, 0.2) is 0 Å². The van der Waals surface area contributed by atoms with Crippen molar-refractivity contribution in [3.8, 4) is 0 Å². The van der Waals surface area contributed by atoms with Crippen LogP contribution in [0.5, 0.6) is 0 Å². The second-order valence-corrected chi connectivity index (χ2v) is 0. The molecule has 0 rings (SSSR count). The molecule has 0 atom stereocenters. The maximum Gasteiger partial charge on any atom is 1.00 e. The van der Waals surface area contributed by atoms with E-state index in [9.17, 15) is 0 Å². The van der Waals surface area contributed by atoms with Crippen molar-refractivity contribution in [3.05, 3.63) is 0 Å². The van der Waals surface area contributed by atoms with E-state index in [-0.39, 0.29) is 70.2 Å². The summed E-state index contributed by atoms with van der Waals surface area (Å²) in [4.78, 5) is 0. The number of hydrogen-bond donors (Lipinski definition) is 0. The SMILES string of the molecule is O.O.O.O.[Cr].[H-].[Na+]. The molecule has 0 amide bonds. The van der Waals surface area contributed by atoms with Crippen molar-refractivity contribution in [3.63, 3.8) is 0 Å². The van der Waals surface area contributed by atoms with Crippen LogP contribution in [0.1, 0.15) is 1.43 Å². The molecular weight excluding hydrogens is 139 g/mol. The average molecular weight is 148 g/mol. The van der Waals surface area contributed by atoms with Gasteiger partial charge >= 0.3 is 29.6 Å². The normalized spacial score (nSPS) is 0. The second-order valence-electron chi connectivity index (χ2n) is 0. The predicted octanol–water partition coefficient (Wildman–Crippen LogP) is -6.18. The fraction of sp³-hybridized carbons (Fsp3) is 0. The number of rotatable bonds is 0. The zero-order valence-electron chi connectivity index (χ0n) is 4.41. The van der Waals surface area contributed by atoms with Gasteiger partial charge in [0.1, 0.15) is 0 Å². The smallest absolute Gasteiger partial charge is 1.00 e. The molecule has 0 spiro atoms. The van der Waals surface area contributed by atoms with Gasteiger partial charge in [-0.1, -0.05) is 0 Å². The maximum absolute atomic E-state index is 0. The average Bonchev–Trinajstić information content (AvgIpc) is 0. The minimum absolute atomic E-state index is 0. The maximum atomic E-state index is 0. The summed E-state index contributed by atoms with van der Waals surface area (Å²) in [5, 5.41) is 0. The van der Waals surface area contributed by atoms with Gasteiger partial charge in [0.2, 0.25) is 0 Å². The Labute approximate surface area is 70.1 Å². The molecule has 6 heavy (non-hydrogen) atoms. The van der Waals surface area contributed by atoms with Crippen LogP contribution in [0.15, 0.2) is 0 Å². The van der Waals surface area contributed by atoms with Gasteiger partial charge in [0, 0.05) is 17.4 Å². The predicted molar refractivity (Wildman–Crippen MR) is 15.6 cm³/mol. The molecule has 0 aliphatic rings. The van der Waals surface area contributed by atoms with Gasteiger partial charge in [-0.2, -0.15) is 0 Å². The van der Waals surface area contributed by atoms with Crippen LogP contribution in [0.2, 0.25) is 0 Å². The van der Waals surface area contributed by atoms with Crippen LogP contribution in [-0.2, 0) is 17.4 Å². The molecule has 0 fully saturated rings. The van der Waals surface area contributed by atoms with Crippen LogP contribution in [0.4, 0.5) is 0 Å². The molecular formula is H9CrNaO4. The Morgan fingerprint density at radius 3 is 0.667 bits per heavy atom. The van der Waals surface area contributed by atoms with Gasteiger partial charge in [0.25, 0.3) is 0 Å². The molecule has 0 aliphatic carbocycles. The van der Waals surface area contributed by atoms with Crippen molar-refractivity contribution in [2.45, 2.75) is 0 Å². The summed E-state index contributed by atoms with van der Waals surface area (Å²) in [6.45, 7) is 0. The Morgan fingerprint density at radius 1 is 0.667 bits per heavy atom. The van der Waals surface area contributed by atoms with Gasteiger partial charge in [0.05, 0.1) is 0 Å². The summed E-state index contributed by atoms with van der Waals surface area (Å²) >= 11 is 0. The summed E-state index contributed by atoms with van der Waals surface area (Å²) in [5.41, 5.74) is 0. The molecule has 0 saturated heterocycles. The summed E-state index contributed by atoms with van der Waals surface area (Å²) in [5.74, 6) is 0. The summed E-state index contributed by atoms with van der Waals surface area (Å²) in [6.07, 6.45) is 0. The molecule has 0 bridgehead atoms. The minimum atomic E-state index is 0. The Balaban J connectivity index is 0. The fourth-order valence-corrected chi connectivity index (χ4v) is 0. The van der Waals surface area contributed by atoms with Crippen molar-refractivity contribution in [2.75, 3.05) is 0 Å². The first-order chi connectivity index (χ1) is 0. The van der Waals surface area contributed by atoms with Crippen molar-refractivity contribution >= 4 is 0 Å². The summed E-state index contributed by atoms with van der Waals surface area (Å²) < 4.78 is 0. The molecule has 0 saturated carbocycles. The molecule has 0 heterocycles. The van der Waals surface area contributed by atoms with Gasteiger partial charge in [-0.25, -0.2) is 0 Å². The zero-order chi connectivity index (χ0) is 0. The second kappa shape index (κ2) is 97.6. The molecule has 6 heteroatoms. The monoisotopic (exact) mass is 148 g/mol. The van der Waals surface area contributed by atoms with E-state index in [0.717, 1.165) is 0 Å². The fourth-order valence-electron chi connectivity index (χ4n) is 0. The molecule has 0 aliphatic heterocycles. The zero-order valence-corrected chi connectivity index (χ0v) is 6.68. The third-order valence-electron chi connectivity index (χ3n) is 0. The molecule has 8 N–H and O–H groups in total. The van der Waals surface area contributed by atoms with Crippen LogP contribution < -0.4 is 29.6 Å². The van der Waals surface area contributed by atoms with Gasteiger partial charge in [-0.15, -0.1) is 0 Å². The van der Waals surface area contributed by atoms with Gasteiger partial charge in [-0.05, 0) is 0 Å². The van der Waals surface area contributed by atoms with E-state index in [4.69, 9.17) is 0 Å². The van der Waals surface area contributed by atoms with Gasteiger partial charge in [-0.3, -0.25) is 0 Å². The van der Waals surface area contributed by atoms with Gasteiger partial charge < -0.3 is 23.3 Å². The topological polar surface area (TPSA) is 126 Å². The molecule has 0 unspecified atom stereocenters. The Hall–Kier alpha value is 1.37. The third-order valence-corrected chi connectivity index (χ3v) is 0. The summed E-state index contributed by atoms with van der Waals surface area (Å²) in [6, 6.07) is 0. The van der Waals surface area contributed by atoms with E-state index in [1.165, 1.54) is 0 Å². The number of hydrogen-bond acceptors (Lipinski definition) is 0. The van der Waals surface area contributed by atoms with E-state index in [0.29, 0.717) is 0 Å². The van der Waals surface area contributed by atoms with Crippen molar-refractivity contribution in [1.82, 2.24) is 0 Å². The summed E-state index contributed by atoms with van der Waals surface area (Å²) in [7, 11) is 0. The largest absolute Gasteiger partial charge is 1.00 e. The van der Waals surface area contributed by atoms with Crippen molar-refractivity contribution < 1.29 is 70.2 Å². The first-order valence-corrected chi connectivity index (χ1v) is 0. The molecule has 0 radical (unpaired) electrons. The van der Waals surface area contributed by atoms with E-state index >= 15 is 0 Å². The quantitative estimate of drug-likeness (QED) is 0.303. The molecule has 0 aromatic heterocycles. The third kappa shape index (κ3) is 54.5. The standard InChI is InChI=1S/Cr.Na.4H2O.H/h;;4*1H2;/q;+1;;;;;-1. The van der Waals surface area contributed by atoms with E-state index in [1.807, 2.05) is 0 Å². The van der Waals surface area contributed by atoms with Crippen LogP contribution in [0.25, 0.3) is 0 Å². The van der Waals surface area contributed by atoms with E-state index in [1.54, 1.807) is 0 Å². The van der Waals surface area contributed by atoms with Crippen LogP contribution in [0.3, 0.4) is 0 Å². The first kappa shape index (κ1) is 159. The molecule has 40 valence electrons. The minimum Gasteiger partial charge on any atom is -1.00 e. The Kier molecular flexibility index (Phi) is 2590. The van der Waals surface area contributed by atoms with E-state index in [2.05, 4.69) is 0 Å². The van der Waals surface area contributed by atoms with Crippen molar-refractivity contribution in [2.24, 2.45) is 0 Å². The van der Waals surface area contributed by atoms with E-state index < -0.39 is 0 Å². The van der Waals surface area contributed by atoms with Crippen LogP contribution in [0, 0.1) is 0 Å². The molecule has 4 nitrogen and oxygen atoms in total. The molecule has 0 aromatic carbocycles. The van der Waals surface area contributed by atoms with Crippen molar-refractivity contribution in [1.29, 1.82) is 0 Å². The van der Waals surface area contributed by atoms with Crippen LogP contribution in [-0.4, -0.2) is 21.9 Å². The molecule has 0 aromatic rings. The Morgan fingerprint density at radius 2 is 0.667 bits per heavy atom. The first-order valence-electron chi connectivity index (χ1n) is 0. The Bertz CT molecular complexity index is 11.7.